The van der Waals surface area contributed by atoms with Crippen LogP contribution in [0.1, 0.15) is 23.5 Å². The molecule has 1 unspecified atom stereocenters. The van der Waals surface area contributed by atoms with Gasteiger partial charge in [0.25, 0.3) is 0 Å². The quantitative estimate of drug-likeness (QED) is 0.562. The van der Waals surface area contributed by atoms with Gasteiger partial charge < -0.3 is 11.5 Å². The molecule has 1 aromatic carbocycles. The third-order valence-electron chi connectivity index (χ3n) is 2.72. The lowest BCUT2D eigenvalue weighted by molar-refractivity contribution is 0.812. The van der Waals surface area contributed by atoms with E-state index in [1.807, 2.05) is 0 Å². The van der Waals surface area contributed by atoms with E-state index >= 15 is 0 Å². The second-order valence-electron chi connectivity index (χ2n) is 3.74. The maximum atomic E-state index is 5.25. The van der Waals surface area contributed by atoms with Crippen LogP contribution in [-0.2, 0) is 6.42 Å². The van der Waals surface area contributed by atoms with Crippen LogP contribution < -0.4 is 11.5 Å². The van der Waals surface area contributed by atoms with Crippen LogP contribution in [0.2, 0.25) is 0 Å². The Bertz CT molecular complexity index is 403. The summed E-state index contributed by atoms with van der Waals surface area (Å²) in [6.07, 6.45) is 6.05. The van der Waals surface area contributed by atoms with Crippen molar-refractivity contribution in [3.05, 3.63) is 47.7 Å². The zero-order valence-corrected chi connectivity index (χ0v) is 8.56. The molecule has 78 valence electrons. The first-order valence-electron chi connectivity index (χ1n) is 5.10. The Kier molecular flexibility index (Phi) is 2.72. The highest BCUT2D eigenvalue weighted by Crippen LogP contribution is 2.33. The van der Waals surface area contributed by atoms with Gasteiger partial charge in [-0.25, -0.2) is 4.99 Å². The normalized spacial score (nSPS) is 19.1. The molecule has 0 spiro atoms. The minimum atomic E-state index is 0.109. The minimum Gasteiger partial charge on any atom is -0.370 e. The molecule has 0 heterocycles. The molecule has 0 fully saturated rings. The fraction of sp³-hybridized carbons (Fsp3) is 0.250. The van der Waals surface area contributed by atoms with Crippen molar-refractivity contribution in [2.75, 3.05) is 0 Å². The highest BCUT2D eigenvalue weighted by molar-refractivity contribution is 5.76. The van der Waals surface area contributed by atoms with Crippen LogP contribution in [0.3, 0.4) is 0 Å². The number of guanidine groups is 1. The summed E-state index contributed by atoms with van der Waals surface area (Å²) in [5.41, 5.74) is 13.3. The molecule has 0 aliphatic heterocycles. The Labute approximate surface area is 89.5 Å². The SMILES string of the molecule is NC(N)=NC=CC1CCc2ccccc21. The molecule has 3 nitrogen and oxygen atoms in total. The van der Waals surface area contributed by atoms with Crippen molar-refractivity contribution >= 4 is 5.96 Å². The van der Waals surface area contributed by atoms with Crippen molar-refractivity contribution in [2.45, 2.75) is 18.8 Å². The van der Waals surface area contributed by atoms with Crippen molar-refractivity contribution < 1.29 is 0 Å². The largest absolute Gasteiger partial charge is 0.370 e. The lowest BCUT2D eigenvalue weighted by atomic mass is 10.0. The summed E-state index contributed by atoms with van der Waals surface area (Å²) in [5, 5.41) is 0. The molecular weight excluding hydrogens is 186 g/mol. The molecule has 2 rings (SSSR count). The molecule has 1 aromatic rings. The van der Waals surface area contributed by atoms with Gasteiger partial charge in [0.15, 0.2) is 5.96 Å². The van der Waals surface area contributed by atoms with Crippen molar-refractivity contribution in [2.24, 2.45) is 16.5 Å². The van der Waals surface area contributed by atoms with Crippen LogP contribution in [0.5, 0.6) is 0 Å². The van der Waals surface area contributed by atoms with E-state index < -0.39 is 0 Å². The molecule has 0 saturated carbocycles. The monoisotopic (exact) mass is 201 g/mol. The predicted octanol–water partition coefficient (Wildman–Crippen LogP) is 1.50. The fourth-order valence-electron chi connectivity index (χ4n) is 2.02. The lowest BCUT2D eigenvalue weighted by Gasteiger charge is -2.04. The topological polar surface area (TPSA) is 64.4 Å². The zero-order chi connectivity index (χ0) is 10.7. The van der Waals surface area contributed by atoms with E-state index in [-0.39, 0.29) is 5.96 Å². The molecule has 0 radical (unpaired) electrons. The van der Waals surface area contributed by atoms with Crippen molar-refractivity contribution in [3.63, 3.8) is 0 Å². The number of nitrogens with zero attached hydrogens (tertiary/aromatic N) is 1. The first-order chi connectivity index (χ1) is 7.27. The Morgan fingerprint density at radius 1 is 1.33 bits per heavy atom. The molecule has 4 N–H and O–H groups in total. The van der Waals surface area contributed by atoms with Crippen LogP contribution in [0.25, 0.3) is 0 Å². The van der Waals surface area contributed by atoms with Crippen LogP contribution in [-0.4, -0.2) is 5.96 Å². The van der Waals surface area contributed by atoms with E-state index in [2.05, 4.69) is 35.3 Å². The van der Waals surface area contributed by atoms with Gasteiger partial charge in [-0.1, -0.05) is 30.3 Å². The highest BCUT2D eigenvalue weighted by Gasteiger charge is 2.18. The molecule has 1 aliphatic carbocycles. The Balaban J connectivity index is 2.14. The molecule has 1 aliphatic rings. The number of benzene rings is 1. The van der Waals surface area contributed by atoms with E-state index in [0.29, 0.717) is 5.92 Å². The van der Waals surface area contributed by atoms with Crippen LogP contribution in [0.4, 0.5) is 0 Å². The summed E-state index contributed by atoms with van der Waals surface area (Å²) in [6.45, 7) is 0. The average molecular weight is 201 g/mol. The highest BCUT2D eigenvalue weighted by atomic mass is 15.0. The van der Waals surface area contributed by atoms with Gasteiger partial charge in [-0.3, -0.25) is 0 Å². The summed E-state index contributed by atoms with van der Waals surface area (Å²) in [5.74, 6) is 0.571. The summed E-state index contributed by atoms with van der Waals surface area (Å²) in [6, 6.07) is 8.52. The van der Waals surface area contributed by atoms with Crippen LogP contribution in [0, 0.1) is 0 Å². The van der Waals surface area contributed by atoms with E-state index in [9.17, 15) is 0 Å². The number of hydrogen-bond donors (Lipinski definition) is 2. The second-order valence-corrected chi connectivity index (χ2v) is 3.74. The zero-order valence-electron chi connectivity index (χ0n) is 8.56. The summed E-state index contributed by atoms with van der Waals surface area (Å²) in [7, 11) is 0. The van der Waals surface area contributed by atoms with E-state index in [1.165, 1.54) is 11.1 Å². The standard InChI is InChI=1S/C12H15N3/c13-12(14)15-8-7-10-6-5-9-3-1-2-4-11(9)10/h1-4,7-8,10H,5-6H2,(H4,13,14,15). The molecule has 15 heavy (non-hydrogen) atoms. The van der Waals surface area contributed by atoms with Gasteiger partial charge in [-0.15, -0.1) is 0 Å². The van der Waals surface area contributed by atoms with Gasteiger partial charge >= 0.3 is 0 Å². The van der Waals surface area contributed by atoms with Crippen molar-refractivity contribution in [1.29, 1.82) is 0 Å². The third kappa shape index (κ3) is 2.18. The average Bonchev–Trinajstić information content (AvgIpc) is 2.62. The number of hydrogen-bond acceptors (Lipinski definition) is 1. The molecule has 0 amide bonds. The van der Waals surface area contributed by atoms with E-state index in [1.54, 1.807) is 6.20 Å². The van der Waals surface area contributed by atoms with Gasteiger partial charge in [0.05, 0.1) is 0 Å². The fourth-order valence-corrected chi connectivity index (χ4v) is 2.02. The number of rotatable bonds is 2. The van der Waals surface area contributed by atoms with Crippen molar-refractivity contribution in [3.8, 4) is 0 Å². The first kappa shape index (κ1) is 9.77. The van der Waals surface area contributed by atoms with E-state index in [4.69, 9.17) is 11.5 Å². The number of fused-ring (bicyclic) bond motifs is 1. The molecule has 1 atom stereocenters. The number of allylic oxidation sites excluding steroid dienone is 1. The Morgan fingerprint density at radius 2 is 2.13 bits per heavy atom. The maximum absolute atomic E-state index is 5.25. The van der Waals surface area contributed by atoms with Crippen LogP contribution >= 0.6 is 0 Å². The van der Waals surface area contributed by atoms with Gasteiger partial charge in [0, 0.05) is 12.1 Å². The van der Waals surface area contributed by atoms with Crippen LogP contribution in [0.15, 0.2) is 41.5 Å². The maximum Gasteiger partial charge on any atom is 0.190 e. The summed E-state index contributed by atoms with van der Waals surface area (Å²) in [4.78, 5) is 3.85. The van der Waals surface area contributed by atoms with E-state index in [0.717, 1.165) is 12.8 Å². The number of nitrogens with two attached hydrogens (primary N) is 2. The second kappa shape index (κ2) is 4.17. The third-order valence-corrected chi connectivity index (χ3v) is 2.72. The molecule has 0 saturated heterocycles. The molecule has 0 aromatic heterocycles. The molecule has 0 bridgehead atoms. The smallest absolute Gasteiger partial charge is 0.190 e. The Hall–Kier alpha value is -1.77. The van der Waals surface area contributed by atoms with Gasteiger partial charge in [0.2, 0.25) is 0 Å². The Morgan fingerprint density at radius 3 is 2.93 bits per heavy atom. The van der Waals surface area contributed by atoms with Crippen molar-refractivity contribution in [1.82, 2.24) is 0 Å². The van der Waals surface area contributed by atoms with Gasteiger partial charge in [-0.2, -0.15) is 0 Å². The first-order valence-corrected chi connectivity index (χ1v) is 5.10. The molecule has 3 heteroatoms. The molecular formula is C12H15N3. The van der Waals surface area contributed by atoms with Gasteiger partial charge in [-0.05, 0) is 24.0 Å². The lowest BCUT2D eigenvalue weighted by Crippen LogP contribution is -2.21. The number of aryl methyl sites for hydroxylation is 1. The summed E-state index contributed by atoms with van der Waals surface area (Å²) < 4.78 is 0. The minimum absolute atomic E-state index is 0.109. The van der Waals surface area contributed by atoms with Gasteiger partial charge in [0.1, 0.15) is 0 Å². The summed E-state index contributed by atoms with van der Waals surface area (Å²) >= 11 is 0. The number of aliphatic imine (C=N–C) groups is 1. The predicted molar refractivity (Wildman–Crippen MR) is 62.5 cm³/mol.